The second kappa shape index (κ2) is 8.62. The van der Waals surface area contributed by atoms with Gasteiger partial charge in [-0.05, 0) is 48.6 Å². The molecule has 0 N–H and O–H groups in total. The molecule has 2 aromatic carbocycles. The fraction of sp³-hybridized carbons (Fsp3) is 0.0833. The lowest BCUT2D eigenvalue weighted by atomic mass is 10.1. The molecule has 7 nitrogen and oxygen atoms in total. The summed E-state index contributed by atoms with van der Waals surface area (Å²) in [6.07, 6.45) is 3.87. The van der Waals surface area contributed by atoms with Crippen LogP contribution in [0.5, 0.6) is 5.75 Å². The number of carbonyl (C=O) groups excluding carboxylic acids is 1. The third kappa shape index (κ3) is 4.51. The van der Waals surface area contributed by atoms with E-state index < -0.39 is 4.92 Å². The molecule has 0 spiro atoms. The predicted octanol–water partition coefficient (Wildman–Crippen LogP) is 5.89. The summed E-state index contributed by atoms with van der Waals surface area (Å²) >= 11 is 0. The SMILES string of the molecule is CCC(=O)Oc1cccc2ccc(C=Cc3ccc(-c4ccc([N+](=O)[O-])cc4)o3)nc12. The van der Waals surface area contributed by atoms with Crippen molar-refractivity contribution >= 4 is 34.7 Å². The maximum atomic E-state index is 11.7. The Morgan fingerprint density at radius 2 is 1.87 bits per heavy atom. The lowest BCUT2D eigenvalue weighted by molar-refractivity contribution is -0.384. The van der Waals surface area contributed by atoms with Crippen molar-refractivity contribution in [1.82, 2.24) is 4.98 Å². The van der Waals surface area contributed by atoms with Gasteiger partial charge in [0.2, 0.25) is 0 Å². The van der Waals surface area contributed by atoms with E-state index in [1.807, 2.05) is 30.3 Å². The standard InChI is InChI=1S/C24H18N2O5/c1-2-23(27)31-22-5-3-4-17-6-9-18(25-24(17)22)10-13-20-14-15-21(30-20)16-7-11-19(12-8-16)26(28)29/h3-15H,2H2,1H3. The Kier molecular flexibility index (Phi) is 5.57. The van der Waals surface area contributed by atoms with Crippen LogP contribution in [-0.4, -0.2) is 15.9 Å². The van der Waals surface area contributed by atoms with E-state index in [4.69, 9.17) is 9.15 Å². The lowest BCUT2D eigenvalue weighted by Crippen LogP contribution is -2.06. The number of non-ortho nitro benzene ring substituents is 1. The van der Waals surface area contributed by atoms with Crippen molar-refractivity contribution < 1.29 is 18.9 Å². The molecule has 0 saturated heterocycles. The Morgan fingerprint density at radius 1 is 1.06 bits per heavy atom. The second-order valence-corrected chi connectivity index (χ2v) is 6.73. The Hall–Kier alpha value is -4.26. The van der Waals surface area contributed by atoms with Gasteiger partial charge in [0.1, 0.15) is 17.0 Å². The highest BCUT2D eigenvalue weighted by Crippen LogP contribution is 2.27. The van der Waals surface area contributed by atoms with Crippen molar-refractivity contribution in [3.05, 3.63) is 88.3 Å². The first-order valence-corrected chi connectivity index (χ1v) is 9.66. The van der Waals surface area contributed by atoms with Crippen molar-refractivity contribution in [2.24, 2.45) is 0 Å². The summed E-state index contributed by atoms with van der Waals surface area (Å²) in [7, 11) is 0. The zero-order chi connectivity index (χ0) is 21.8. The van der Waals surface area contributed by atoms with E-state index >= 15 is 0 Å². The lowest BCUT2D eigenvalue weighted by Gasteiger charge is -2.06. The van der Waals surface area contributed by atoms with Crippen LogP contribution in [-0.2, 0) is 4.79 Å². The van der Waals surface area contributed by atoms with E-state index in [0.29, 0.717) is 28.5 Å². The van der Waals surface area contributed by atoms with Gasteiger partial charge in [-0.1, -0.05) is 25.1 Å². The summed E-state index contributed by atoms with van der Waals surface area (Å²) in [5.41, 5.74) is 2.07. The number of rotatable bonds is 6. The molecule has 2 heterocycles. The van der Waals surface area contributed by atoms with Gasteiger partial charge in [-0.15, -0.1) is 0 Å². The molecular formula is C24H18N2O5. The maximum absolute atomic E-state index is 11.7. The van der Waals surface area contributed by atoms with E-state index in [2.05, 4.69) is 4.98 Å². The number of hydrogen-bond acceptors (Lipinski definition) is 6. The number of furan rings is 1. The topological polar surface area (TPSA) is 95.5 Å². The number of fused-ring (bicyclic) bond motifs is 1. The molecule has 0 radical (unpaired) electrons. The molecule has 0 saturated carbocycles. The number of nitrogens with zero attached hydrogens (tertiary/aromatic N) is 2. The molecule has 0 aliphatic rings. The third-order valence-electron chi connectivity index (χ3n) is 4.63. The molecule has 0 fully saturated rings. The van der Waals surface area contributed by atoms with Gasteiger partial charge < -0.3 is 9.15 Å². The van der Waals surface area contributed by atoms with E-state index in [1.165, 1.54) is 12.1 Å². The van der Waals surface area contributed by atoms with Crippen LogP contribution >= 0.6 is 0 Å². The van der Waals surface area contributed by atoms with Crippen LogP contribution < -0.4 is 4.74 Å². The second-order valence-electron chi connectivity index (χ2n) is 6.73. The van der Waals surface area contributed by atoms with Crippen LogP contribution in [0.2, 0.25) is 0 Å². The number of para-hydroxylation sites is 1. The summed E-state index contributed by atoms with van der Waals surface area (Å²) in [5.74, 6) is 1.33. The van der Waals surface area contributed by atoms with Crippen molar-refractivity contribution in [3.63, 3.8) is 0 Å². The number of ether oxygens (including phenoxy) is 1. The fourth-order valence-corrected chi connectivity index (χ4v) is 3.02. The van der Waals surface area contributed by atoms with Crippen LogP contribution in [0.3, 0.4) is 0 Å². The molecule has 4 aromatic rings. The number of nitro groups is 1. The van der Waals surface area contributed by atoms with E-state index in [1.54, 1.807) is 43.3 Å². The zero-order valence-corrected chi connectivity index (χ0v) is 16.6. The smallest absolute Gasteiger partial charge is 0.310 e. The molecular weight excluding hydrogens is 396 g/mol. The number of benzene rings is 2. The van der Waals surface area contributed by atoms with Crippen molar-refractivity contribution in [3.8, 4) is 17.1 Å². The van der Waals surface area contributed by atoms with Gasteiger partial charge >= 0.3 is 5.97 Å². The van der Waals surface area contributed by atoms with Crippen LogP contribution in [0.1, 0.15) is 24.8 Å². The van der Waals surface area contributed by atoms with Crippen molar-refractivity contribution in [2.75, 3.05) is 0 Å². The van der Waals surface area contributed by atoms with Gasteiger partial charge in [0, 0.05) is 29.5 Å². The number of aromatic nitrogens is 1. The first-order chi connectivity index (χ1) is 15.0. The number of nitro benzene ring substituents is 1. The Labute approximate surface area is 177 Å². The van der Waals surface area contributed by atoms with Gasteiger partial charge in [0.05, 0.1) is 10.6 Å². The highest BCUT2D eigenvalue weighted by atomic mass is 16.6. The molecule has 2 aromatic heterocycles. The third-order valence-corrected chi connectivity index (χ3v) is 4.63. The fourth-order valence-electron chi connectivity index (χ4n) is 3.02. The van der Waals surface area contributed by atoms with Gasteiger partial charge in [-0.2, -0.15) is 0 Å². The molecule has 0 amide bonds. The minimum Gasteiger partial charge on any atom is -0.457 e. The van der Waals surface area contributed by atoms with Gasteiger partial charge in [-0.3, -0.25) is 14.9 Å². The number of pyridine rings is 1. The predicted molar refractivity (Wildman–Crippen MR) is 117 cm³/mol. The largest absolute Gasteiger partial charge is 0.457 e. The quantitative estimate of drug-likeness (QED) is 0.169. The van der Waals surface area contributed by atoms with E-state index in [0.717, 1.165) is 10.9 Å². The maximum Gasteiger partial charge on any atom is 0.310 e. The Balaban J connectivity index is 1.56. The van der Waals surface area contributed by atoms with Crippen molar-refractivity contribution in [1.29, 1.82) is 0 Å². The molecule has 0 bridgehead atoms. The molecule has 4 rings (SSSR count). The Bertz CT molecular complexity index is 1290. The summed E-state index contributed by atoms with van der Waals surface area (Å²) in [6, 6.07) is 19.0. The van der Waals surface area contributed by atoms with Crippen LogP contribution in [0, 0.1) is 10.1 Å². The molecule has 0 aliphatic carbocycles. The minimum atomic E-state index is -0.439. The number of carbonyl (C=O) groups is 1. The average Bonchev–Trinajstić information content (AvgIpc) is 3.27. The van der Waals surface area contributed by atoms with E-state index in [9.17, 15) is 14.9 Å². The van der Waals surface area contributed by atoms with E-state index in [-0.39, 0.29) is 18.1 Å². The first kappa shape index (κ1) is 20.0. The highest BCUT2D eigenvalue weighted by Gasteiger charge is 2.09. The molecule has 0 aliphatic heterocycles. The molecule has 0 atom stereocenters. The molecule has 154 valence electrons. The van der Waals surface area contributed by atoms with Crippen molar-refractivity contribution in [2.45, 2.75) is 13.3 Å². The summed E-state index contributed by atoms with van der Waals surface area (Å²) in [6.45, 7) is 1.74. The van der Waals surface area contributed by atoms with Gasteiger partial charge in [0.15, 0.2) is 5.75 Å². The molecule has 0 unspecified atom stereocenters. The molecule has 7 heteroatoms. The van der Waals surface area contributed by atoms with Crippen LogP contribution in [0.4, 0.5) is 5.69 Å². The highest BCUT2D eigenvalue weighted by molar-refractivity contribution is 5.88. The zero-order valence-electron chi connectivity index (χ0n) is 16.6. The summed E-state index contributed by atoms with van der Waals surface area (Å²) < 4.78 is 11.2. The first-order valence-electron chi connectivity index (χ1n) is 9.66. The van der Waals surface area contributed by atoms with Gasteiger partial charge in [0.25, 0.3) is 5.69 Å². The minimum absolute atomic E-state index is 0.0294. The Morgan fingerprint density at radius 3 is 2.61 bits per heavy atom. The van der Waals surface area contributed by atoms with Crippen LogP contribution in [0.15, 0.2) is 71.1 Å². The summed E-state index contributed by atoms with van der Waals surface area (Å²) in [4.78, 5) is 26.6. The average molecular weight is 414 g/mol. The van der Waals surface area contributed by atoms with Gasteiger partial charge in [-0.25, -0.2) is 4.98 Å². The number of esters is 1. The number of hydrogen-bond donors (Lipinski definition) is 0. The normalized spacial score (nSPS) is 11.1. The molecule has 31 heavy (non-hydrogen) atoms. The van der Waals surface area contributed by atoms with Crippen LogP contribution in [0.25, 0.3) is 34.4 Å². The summed E-state index contributed by atoms with van der Waals surface area (Å²) in [5, 5.41) is 11.7. The monoisotopic (exact) mass is 414 g/mol.